The quantitative estimate of drug-likeness (QED) is 0.589. The van der Waals surface area contributed by atoms with Gasteiger partial charge in [0.2, 0.25) is 10.0 Å². The Balaban J connectivity index is 1.71. The summed E-state index contributed by atoms with van der Waals surface area (Å²) in [6.45, 7) is 3.39. The normalized spacial score (nSPS) is 15.6. The van der Waals surface area contributed by atoms with E-state index in [4.69, 9.17) is 4.74 Å². The number of nitrogens with one attached hydrogen (secondary N) is 1. The van der Waals surface area contributed by atoms with Gasteiger partial charge in [0, 0.05) is 13.1 Å². The van der Waals surface area contributed by atoms with Crippen molar-refractivity contribution in [3.8, 4) is 5.75 Å². The lowest BCUT2D eigenvalue weighted by atomic mass is 10.1. The zero-order valence-corrected chi connectivity index (χ0v) is 18.4. The highest BCUT2D eigenvalue weighted by Crippen LogP contribution is 2.24. The van der Waals surface area contributed by atoms with E-state index in [1.54, 1.807) is 25.3 Å². The number of hydrogen-bond acceptors (Lipinski definition) is 4. The summed E-state index contributed by atoms with van der Waals surface area (Å²) in [6.07, 6.45) is 3.79. The first-order valence-corrected chi connectivity index (χ1v) is 11.7. The van der Waals surface area contributed by atoms with Crippen molar-refractivity contribution in [2.45, 2.75) is 37.2 Å². The first-order valence-electron chi connectivity index (χ1n) is 9.12. The number of likely N-dealkylation sites (tertiary alicyclic amines) is 1. The standard InChI is InChI=1S/C20H25IN2O3S/c1-26-20-10-9-18(13-19(20)21)27(24,25)22-14-16-7-3-4-8-17(16)15-23-11-5-2-6-12-23/h3-4,7-10,13,22H,2,5-6,11-12,14-15H2,1H3. The topological polar surface area (TPSA) is 58.6 Å². The third-order valence-electron chi connectivity index (χ3n) is 4.85. The van der Waals surface area contributed by atoms with Crippen LogP contribution >= 0.6 is 22.6 Å². The molecular weight excluding hydrogens is 475 g/mol. The second-order valence-corrected chi connectivity index (χ2v) is 9.66. The second-order valence-electron chi connectivity index (χ2n) is 6.73. The van der Waals surface area contributed by atoms with Gasteiger partial charge in [0.15, 0.2) is 0 Å². The Morgan fingerprint density at radius 2 is 1.78 bits per heavy atom. The molecule has 2 aromatic rings. The minimum absolute atomic E-state index is 0.251. The summed E-state index contributed by atoms with van der Waals surface area (Å²) < 4.78 is 34.1. The van der Waals surface area contributed by atoms with Crippen molar-refractivity contribution in [1.82, 2.24) is 9.62 Å². The molecule has 27 heavy (non-hydrogen) atoms. The number of benzene rings is 2. The first kappa shape index (κ1) is 20.6. The average molecular weight is 500 g/mol. The van der Waals surface area contributed by atoms with E-state index in [1.807, 2.05) is 18.2 Å². The van der Waals surface area contributed by atoms with Gasteiger partial charge in [-0.2, -0.15) is 0 Å². The molecule has 0 aliphatic carbocycles. The highest BCUT2D eigenvalue weighted by Gasteiger charge is 2.17. The Bertz CT molecular complexity index is 881. The zero-order chi connectivity index (χ0) is 19.3. The van der Waals surface area contributed by atoms with Crippen molar-refractivity contribution in [1.29, 1.82) is 0 Å². The molecule has 0 bridgehead atoms. The monoisotopic (exact) mass is 500 g/mol. The van der Waals surface area contributed by atoms with Crippen LogP contribution in [0.1, 0.15) is 30.4 Å². The van der Waals surface area contributed by atoms with E-state index >= 15 is 0 Å². The van der Waals surface area contributed by atoms with Gasteiger partial charge in [0.05, 0.1) is 15.6 Å². The molecule has 0 radical (unpaired) electrons. The van der Waals surface area contributed by atoms with E-state index in [0.717, 1.165) is 28.8 Å². The number of nitrogens with zero attached hydrogens (tertiary/aromatic N) is 1. The highest BCUT2D eigenvalue weighted by atomic mass is 127. The summed E-state index contributed by atoms with van der Waals surface area (Å²) in [5.41, 5.74) is 2.21. The fourth-order valence-corrected chi connectivity index (χ4v) is 5.29. The first-order chi connectivity index (χ1) is 13.0. The van der Waals surface area contributed by atoms with Crippen molar-refractivity contribution in [2.24, 2.45) is 0 Å². The van der Waals surface area contributed by atoms with Gasteiger partial charge in [-0.25, -0.2) is 13.1 Å². The van der Waals surface area contributed by atoms with Gasteiger partial charge in [-0.3, -0.25) is 4.90 Å². The predicted molar refractivity (Wildman–Crippen MR) is 115 cm³/mol. The Kier molecular flexibility index (Phi) is 7.13. The molecule has 0 aromatic heterocycles. The summed E-state index contributed by atoms with van der Waals surface area (Å²) in [4.78, 5) is 2.70. The molecule has 1 heterocycles. The van der Waals surface area contributed by atoms with Crippen molar-refractivity contribution in [3.63, 3.8) is 0 Å². The van der Waals surface area contributed by atoms with E-state index in [-0.39, 0.29) is 11.4 Å². The average Bonchev–Trinajstić information content (AvgIpc) is 2.68. The lowest BCUT2D eigenvalue weighted by molar-refractivity contribution is 0.220. The van der Waals surface area contributed by atoms with Crippen LogP contribution in [0.2, 0.25) is 0 Å². The van der Waals surface area contributed by atoms with Crippen molar-refractivity contribution in [3.05, 3.63) is 57.2 Å². The van der Waals surface area contributed by atoms with Crippen LogP contribution in [0.15, 0.2) is 47.4 Å². The lowest BCUT2D eigenvalue weighted by Crippen LogP contribution is -2.30. The minimum Gasteiger partial charge on any atom is -0.496 e. The predicted octanol–water partition coefficient (Wildman–Crippen LogP) is 3.76. The molecule has 1 fully saturated rings. The minimum atomic E-state index is -3.58. The molecule has 1 aliphatic rings. The molecular formula is C20H25IN2O3S. The Labute approximate surface area is 175 Å². The van der Waals surface area contributed by atoms with Crippen LogP contribution in [0.5, 0.6) is 5.75 Å². The van der Waals surface area contributed by atoms with Crippen molar-refractivity contribution >= 4 is 32.6 Å². The van der Waals surface area contributed by atoms with Gasteiger partial charge in [-0.05, 0) is 77.8 Å². The Morgan fingerprint density at radius 3 is 2.44 bits per heavy atom. The highest BCUT2D eigenvalue weighted by molar-refractivity contribution is 14.1. The third-order valence-corrected chi connectivity index (χ3v) is 7.09. The summed E-state index contributed by atoms with van der Waals surface area (Å²) >= 11 is 2.08. The molecule has 0 spiro atoms. The molecule has 5 nitrogen and oxygen atoms in total. The number of piperidine rings is 1. The molecule has 146 valence electrons. The van der Waals surface area contributed by atoms with E-state index in [9.17, 15) is 8.42 Å². The van der Waals surface area contributed by atoms with E-state index < -0.39 is 10.0 Å². The maximum Gasteiger partial charge on any atom is 0.240 e. The maximum absolute atomic E-state index is 12.7. The van der Waals surface area contributed by atoms with Gasteiger partial charge in [-0.15, -0.1) is 0 Å². The SMILES string of the molecule is COc1ccc(S(=O)(=O)NCc2ccccc2CN2CCCCC2)cc1I. The van der Waals surface area contributed by atoms with Gasteiger partial charge >= 0.3 is 0 Å². The summed E-state index contributed by atoms with van der Waals surface area (Å²) in [6, 6.07) is 12.9. The van der Waals surface area contributed by atoms with Gasteiger partial charge < -0.3 is 4.74 Å². The van der Waals surface area contributed by atoms with Crippen molar-refractivity contribution < 1.29 is 13.2 Å². The van der Waals surface area contributed by atoms with Crippen LogP contribution in [0.3, 0.4) is 0 Å². The number of rotatable bonds is 7. The van der Waals surface area contributed by atoms with Crippen LogP contribution in [0.25, 0.3) is 0 Å². The molecule has 2 aromatic carbocycles. The largest absolute Gasteiger partial charge is 0.496 e. The fourth-order valence-electron chi connectivity index (χ4n) is 3.31. The van der Waals surface area contributed by atoms with Gasteiger partial charge in [0.1, 0.15) is 5.75 Å². The number of ether oxygens (including phenoxy) is 1. The van der Waals surface area contributed by atoms with E-state index in [0.29, 0.717) is 5.75 Å². The lowest BCUT2D eigenvalue weighted by Gasteiger charge is -2.27. The number of hydrogen-bond donors (Lipinski definition) is 1. The van der Waals surface area contributed by atoms with Gasteiger partial charge in [-0.1, -0.05) is 30.7 Å². The van der Waals surface area contributed by atoms with Crippen LogP contribution in [0.4, 0.5) is 0 Å². The van der Waals surface area contributed by atoms with Crippen LogP contribution < -0.4 is 9.46 Å². The molecule has 7 heteroatoms. The Hall–Kier alpha value is -1.16. The molecule has 0 atom stereocenters. The van der Waals surface area contributed by atoms with Crippen LogP contribution in [0, 0.1) is 3.57 Å². The molecule has 0 amide bonds. The maximum atomic E-state index is 12.7. The van der Waals surface area contributed by atoms with E-state index in [1.165, 1.54) is 24.8 Å². The number of sulfonamides is 1. The second kappa shape index (κ2) is 9.36. The van der Waals surface area contributed by atoms with E-state index in [2.05, 4.69) is 38.3 Å². The molecule has 0 unspecified atom stereocenters. The molecule has 1 saturated heterocycles. The molecule has 1 aliphatic heterocycles. The van der Waals surface area contributed by atoms with Crippen LogP contribution in [-0.4, -0.2) is 33.5 Å². The fraction of sp³-hybridized carbons (Fsp3) is 0.400. The molecule has 3 rings (SSSR count). The number of halogens is 1. The summed E-state index contributed by atoms with van der Waals surface area (Å²) in [5, 5.41) is 0. The summed E-state index contributed by atoms with van der Waals surface area (Å²) in [5.74, 6) is 0.668. The summed E-state index contributed by atoms with van der Waals surface area (Å²) in [7, 11) is -2.01. The molecule has 0 saturated carbocycles. The number of methoxy groups -OCH3 is 1. The van der Waals surface area contributed by atoms with Crippen molar-refractivity contribution in [2.75, 3.05) is 20.2 Å². The molecule has 1 N–H and O–H groups in total. The third kappa shape index (κ3) is 5.43. The van der Waals surface area contributed by atoms with Crippen LogP contribution in [-0.2, 0) is 23.1 Å². The smallest absolute Gasteiger partial charge is 0.240 e. The Morgan fingerprint density at radius 1 is 1.07 bits per heavy atom. The zero-order valence-electron chi connectivity index (χ0n) is 15.4. The van der Waals surface area contributed by atoms with Gasteiger partial charge in [0.25, 0.3) is 0 Å².